The maximum absolute atomic E-state index is 13.0. The number of nitrogens with one attached hydrogen (secondary N) is 4. The second-order valence-electron chi connectivity index (χ2n) is 9.03. The smallest absolute Gasteiger partial charge is 0.367 e. The van der Waals surface area contributed by atoms with Crippen molar-refractivity contribution in [3.63, 3.8) is 0 Å². The summed E-state index contributed by atoms with van der Waals surface area (Å²) in [7, 11) is 0. The zero-order valence-corrected chi connectivity index (χ0v) is 17.4. The van der Waals surface area contributed by atoms with E-state index in [-0.39, 0.29) is 24.3 Å². The zero-order chi connectivity index (χ0) is 21.6. The molecule has 5 atom stereocenters. The number of alkyl halides is 3. The summed E-state index contributed by atoms with van der Waals surface area (Å²) in [4.78, 5) is 11.0. The summed E-state index contributed by atoms with van der Waals surface area (Å²) in [5.41, 5.74) is 7.23. The number of fused-ring (bicyclic) bond motifs is 3. The molecule has 168 valence electrons. The number of aromatic nitrogens is 2. The molecule has 0 amide bonds. The molecule has 3 unspecified atom stereocenters. The van der Waals surface area contributed by atoms with Crippen LogP contribution >= 0.6 is 0 Å². The number of hydrogen-bond donors (Lipinski definition) is 4. The lowest BCUT2D eigenvalue weighted by Gasteiger charge is -2.39. The fraction of sp³-hybridized carbons (Fsp3) is 0.619. The van der Waals surface area contributed by atoms with Gasteiger partial charge in [-0.25, -0.2) is 10.4 Å². The lowest BCUT2D eigenvalue weighted by Crippen LogP contribution is -2.50. The van der Waals surface area contributed by atoms with Crippen LogP contribution in [0.4, 0.5) is 24.8 Å². The number of hydrazine groups is 1. The van der Waals surface area contributed by atoms with Gasteiger partial charge in [0.2, 0.25) is 0 Å². The largest absolute Gasteiger partial charge is 0.401 e. The van der Waals surface area contributed by atoms with Gasteiger partial charge in [0.15, 0.2) is 0 Å². The second kappa shape index (κ2) is 8.07. The van der Waals surface area contributed by atoms with Gasteiger partial charge in [-0.15, -0.1) is 0 Å². The molecule has 4 N–H and O–H groups in total. The van der Waals surface area contributed by atoms with Crippen LogP contribution in [0.1, 0.15) is 39.0 Å². The van der Waals surface area contributed by atoms with Crippen LogP contribution in [-0.4, -0.2) is 57.9 Å². The Balaban J connectivity index is 1.34. The van der Waals surface area contributed by atoms with Gasteiger partial charge >= 0.3 is 6.18 Å². The van der Waals surface area contributed by atoms with Gasteiger partial charge in [0, 0.05) is 41.8 Å². The molecule has 2 aromatic heterocycles. The molecular weight excluding hydrogens is 407 g/mol. The molecule has 7 nitrogen and oxygen atoms in total. The van der Waals surface area contributed by atoms with Crippen LogP contribution in [0.15, 0.2) is 24.4 Å². The van der Waals surface area contributed by atoms with Crippen LogP contribution in [0.3, 0.4) is 0 Å². The van der Waals surface area contributed by atoms with Gasteiger partial charge in [-0.3, -0.25) is 15.3 Å². The minimum Gasteiger partial charge on any atom is -0.367 e. The molecule has 31 heavy (non-hydrogen) atoms. The van der Waals surface area contributed by atoms with Crippen molar-refractivity contribution in [1.82, 2.24) is 25.7 Å². The van der Waals surface area contributed by atoms with Gasteiger partial charge in [-0.05, 0) is 51.2 Å². The number of rotatable bonds is 5. The molecule has 3 aliphatic heterocycles. The molecule has 2 bridgehead atoms. The fourth-order valence-electron chi connectivity index (χ4n) is 5.30. The minimum absolute atomic E-state index is 0.0289. The Morgan fingerprint density at radius 2 is 1.90 bits per heavy atom. The number of anilines is 2. The molecule has 5 heterocycles. The van der Waals surface area contributed by atoms with E-state index in [1.807, 2.05) is 18.2 Å². The van der Waals surface area contributed by atoms with Crippen LogP contribution in [0, 0.1) is 0 Å². The van der Waals surface area contributed by atoms with Crippen molar-refractivity contribution in [3.05, 3.63) is 24.4 Å². The molecule has 2 aromatic rings. The Bertz CT molecular complexity index is 923. The summed E-state index contributed by atoms with van der Waals surface area (Å²) >= 11 is 0. The van der Waals surface area contributed by atoms with Gasteiger partial charge in [-0.1, -0.05) is 0 Å². The molecule has 0 aromatic carbocycles. The Hall–Kier alpha value is -2.17. The quantitative estimate of drug-likeness (QED) is 0.575. The Morgan fingerprint density at radius 1 is 1.13 bits per heavy atom. The molecule has 0 spiro atoms. The Kier molecular flexibility index (Phi) is 5.39. The fourth-order valence-corrected chi connectivity index (χ4v) is 5.30. The molecule has 0 radical (unpaired) electrons. The molecule has 0 aliphatic carbocycles. The van der Waals surface area contributed by atoms with Gasteiger partial charge in [-0.2, -0.15) is 13.2 Å². The lowest BCUT2D eigenvalue weighted by molar-refractivity contribution is -0.155. The molecule has 10 heteroatoms. The van der Waals surface area contributed by atoms with Crippen molar-refractivity contribution in [2.24, 2.45) is 0 Å². The third kappa shape index (κ3) is 4.56. The van der Waals surface area contributed by atoms with E-state index >= 15 is 0 Å². The Morgan fingerprint density at radius 3 is 2.58 bits per heavy atom. The number of halogens is 3. The van der Waals surface area contributed by atoms with E-state index in [0.717, 1.165) is 41.8 Å². The average Bonchev–Trinajstić information content (AvgIpc) is 3.19. The zero-order valence-electron chi connectivity index (χ0n) is 17.4. The molecular formula is C21H28F3N7. The highest BCUT2D eigenvalue weighted by atomic mass is 19.4. The highest BCUT2D eigenvalue weighted by Gasteiger charge is 2.45. The summed E-state index contributed by atoms with van der Waals surface area (Å²) in [5, 5.41) is 7.87. The van der Waals surface area contributed by atoms with E-state index in [2.05, 4.69) is 33.4 Å². The van der Waals surface area contributed by atoms with Gasteiger partial charge < -0.3 is 10.6 Å². The average molecular weight is 435 g/mol. The van der Waals surface area contributed by atoms with Crippen molar-refractivity contribution in [1.29, 1.82) is 0 Å². The first-order valence-corrected chi connectivity index (χ1v) is 11.0. The number of pyridine rings is 2. The summed E-state index contributed by atoms with van der Waals surface area (Å²) in [6.45, 7) is 1.30. The van der Waals surface area contributed by atoms with E-state index < -0.39 is 12.7 Å². The van der Waals surface area contributed by atoms with Crippen molar-refractivity contribution in [2.45, 2.75) is 75.5 Å². The van der Waals surface area contributed by atoms with E-state index in [0.29, 0.717) is 18.9 Å². The SMILES string of the molecule is CC1CC(Nc2cc3ncccc3c(NC3C[C@H]4CC[C@@H](C3)N4CC(F)(F)F)n2)NN1. The number of piperidine rings is 1. The number of hydrogen-bond acceptors (Lipinski definition) is 7. The summed E-state index contributed by atoms with van der Waals surface area (Å²) in [6.07, 6.45) is 1.64. The monoisotopic (exact) mass is 435 g/mol. The van der Waals surface area contributed by atoms with Gasteiger partial charge in [0.05, 0.1) is 18.2 Å². The summed E-state index contributed by atoms with van der Waals surface area (Å²) < 4.78 is 38.9. The second-order valence-corrected chi connectivity index (χ2v) is 9.03. The maximum Gasteiger partial charge on any atom is 0.401 e. The highest BCUT2D eigenvalue weighted by molar-refractivity contribution is 5.91. The standard InChI is InChI=1S/C21H28F3N7/c1-12-7-19(30-29-12)27-18-10-17-16(3-2-6-25-17)20(28-18)26-13-8-14-4-5-15(9-13)31(14)11-21(22,23)24/h2-3,6,10,12-15,19,29-30H,4-5,7-9,11H2,1H3,(H2,26,27,28)/t12?,13?,14-,15+,19?. The van der Waals surface area contributed by atoms with Crippen LogP contribution < -0.4 is 21.5 Å². The van der Waals surface area contributed by atoms with E-state index in [4.69, 9.17) is 4.98 Å². The predicted octanol–water partition coefficient (Wildman–Crippen LogP) is 3.22. The van der Waals surface area contributed by atoms with Gasteiger partial charge in [0.25, 0.3) is 0 Å². The molecule has 3 aliphatic rings. The highest BCUT2D eigenvalue weighted by Crippen LogP contribution is 2.39. The topological polar surface area (TPSA) is 77.1 Å². The van der Waals surface area contributed by atoms with Crippen molar-refractivity contribution < 1.29 is 13.2 Å². The van der Waals surface area contributed by atoms with Crippen LogP contribution in [0.25, 0.3) is 10.9 Å². The minimum atomic E-state index is -4.15. The van der Waals surface area contributed by atoms with Crippen molar-refractivity contribution in [2.75, 3.05) is 17.2 Å². The van der Waals surface area contributed by atoms with E-state index in [9.17, 15) is 13.2 Å². The molecule has 3 saturated heterocycles. The van der Waals surface area contributed by atoms with Crippen LogP contribution in [0.5, 0.6) is 0 Å². The van der Waals surface area contributed by atoms with Crippen molar-refractivity contribution in [3.8, 4) is 0 Å². The van der Waals surface area contributed by atoms with Gasteiger partial charge in [0.1, 0.15) is 11.6 Å². The first-order valence-electron chi connectivity index (χ1n) is 11.0. The summed E-state index contributed by atoms with van der Waals surface area (Å²) in [6, 6.07) is 6.19. The summed E-state index contributed by atoms with van der Waals surface area (Å²) in [5.74, 6) is 1.46. The van der Waals surface area contributed by atoms with Crippen molar-refractivity contribution >= 4 is 22.5 Å². The maximum atomic E-state index is 13.0. The third-order valence-corrected chi connectivity index (χ3v) is 6.60. The van der Waals surface area contributed by atoms with E-state index in [1.165, 1.54) is 0 Å². The third-order valence-electron chi connectivity index (χ3n) is 6.60. The number of nitrogens with zero attached hydrogens (tertiary/aromatic N) is 3. The predicted molar refractivity (Wildman–Crippen MR) is 114 cm³/mol. The molecule has 3 fully saturated rings. The normalized spacial score (nSPS) is 31.3. The van der Waals surface area contributed by atoms with Crippen LogP contribution in [0.2, 0.25) is 0 Å². The van der Waals surface area contributed by atoms with Crippen LogP contribution in [-0.2, 0) is 0 Å². The first-order chi connectivity index (χ1) is 14.8. The lowest BCUT2D eigenvalue weighted by atomic mass is 9.97. The Labute approximate surface area is 179 Å². The molecule has 5 rings (SSSR count). The van der Waals surface area contributed by atoms with E-state index in [1.54, 1.807) is 11.1 Å². The first kappa shape index (κ1) is 20.7. The molecule has 0 saturated carbocycles.